The van der Waals surface area contributed by atoms with Gasteiger partial charge in [-0.15, -0.1) is 11.3 Å². The second-order valence-corrected chi connectivity index (χ2v) is 6.62. The van der Waals surface area contributed by atoms with Crippen molar-refractivity contribution in [3.8, 4) is 0 Å². The molecule has 0 amide bonds. The molecule has 0 aromatic carbocycles. The van der Waals surface area contributed by atoms with Gasteiger partial charge in [0, 0.05) is 17.8 Å². The molecule has 5 heteroatoms. The molecule has 4 nitrogen and oxygen atoms in total. The summed E-state index contributed by atoms with van der Waals surface area (Å²) in [5.74, 6) is 1.01. The van der Waals surface area contributed by atoms with Crippen molar-refractivity contribution >= 4 is 17.3 Å². The minimum atomic E-state index is 0.482. The third-order valence-corrected chi connectivity index (χ3v) is 4.51. The Labute approximate surface area is 133 Å². The van der Waals surface area contributed by atoms with Crippen LogP contribution in [0.1, 0.15) is 75.9 Å². The van der Waals surface area contributed by atoms with E-state index in [0.717, 1.165) is 18.7 Å². The zero-order valence-electron chi connectivity index (χ0n) is 13.7. The van der Waals surface area contributed by atoms with Crippen molar-refractivity contribution in [3.63, 3.8) is 0 Å². The lowest BCUT2D eigenvalue weighted by atomic mass is 10.1. The molecular weight excluding hydrogens is 280 g/mol. The number of hydrogen-bond acceptors (Lipinski definition) is 3. The number of guanidine groups is 1. The lowest BCUT2D eigenvalue weighted by molar-refractivity contribution is 0.601. The quantitative estimate of drug-likeness (QED) is 0.389. The number of nitrogens with zero attached hydrogens (tertiary/aromatic N) is 2. The summed E-state index contributed by atoms with van der Waals surface area (Å²) >= 11 is 1.70. The molecule has 0 bridgehead atoms. The van der Waals surface area contributed by atoms with E-state index in [1.807, 2.05) is 0 Å². The molecule has 1 rings (SSSR count). The van der Waals surface area contributed by atoms with Crippen molar-refractivity contribution in [2.24, 2.45) is 10.7 Å². The maximum absolute atomic E-state index is 5.87. The van der Waals surface area contributed by atoms with E-state index in [-0.39, 0.29) is 0 Å². The van der Waals surface area contributed by atoms with Gasteiger partial charge in [-0.25, -0.2) is 9.98 Å². The minimum Gasteiger partial charge on any atom is -0.370 e. The second kappa shape index (κ2) is 10.6. The van der Waals surface area contributed by atoms with Gasteiger partial charge in [-0.1, -0.05) is 52.9 Å². The Kier molecular flexibility index (Phi) is 9.06. The molecule has 1 heterocycles. The zero-order chi connectivity index (χ0) is 15.5. The van der Waals surface area contributed by atoms with Crippen LogP contribution in [-0.2, 0) is 6.54 Å². The van der Waals surface area contributed by atoms with E-state index in [2.05, 4.69) is 41.4 Å². The zero-order valence-corrected chi connectivity index (χ0v) is 14.5. The molecule has 0 unspecified atom stereocenters. The molecule has 0 fully saturated rings. The van der Waals surface area contributed by atoms with Gasteiger partial charge in [0.2, 0.25) is 0 Å². The fraction of sp³-hybridized carbons (Fsp3) is 0.750. The Balaban J connectivity index is 2.14. The van der Waals surface area contributed by atoms with Crippen LogP contribution in [0.3, 0.4) is 0 Å². The van der Waals surface area contributed by atoms with Crippen LogP contribution in [0.2, 0.25) is 0 Å². The summed E-state index contributed by atoms with van der Waals surface area (Å²) in [5.41, 5.74) is 6.87. The van der Waals surface area contributed by atoms with Crippen LogP contribution in [-0.4, -0.2) is 17.5 Å². The molecule has 1 aromatic rings. The third kappa shape index (κ3) is 8.05. The predicted octanol–water partition coefficient (Wildman–Crippen LogP) is 4.03. The molecule has 0 aliphatic rings. The highest BCUT2D eigenvalue weighted by Gasteiger charge is 2.05. The van der Waals surface area contributed by atoms with Crippen LogP contribution in [0.5, 0.6) is 0 Å². The Morgan fingerprint density at radius 3 is 2.67 bits per heavy atom. The number of aromatic nitrogens is 1. The summed E-state index contributed by atoms with van der Waals surface area (Å²) in [7, 11) is 0. The molecule has 0 atom stereocenters. The van der Waals surface area contributed by atoms with E-state index >= 15 is 0 Å². The molecule has 21 heavy (non-hydrogen) atoms. The van der Waals surface area contributed by atoms with Crippen molar-refractivity contribution in [2.75, 3.05) is 6.54 Å². The fourth-order valence-electron chi connectivity index (χ4n) is 2.00. The first-order valence-corrected chi connectivity index (χ1v) is 8.99. The highest BCUT2D eigenvalue weighted by atomic mass is 32.1. The predicted molar refractivity (Wildman–Crippen MR) is 92.9 cm³/mol. The van der Waals surface area contributed by atoms with Crippen molar-refractivity contribution in [3.05, 3.63) is 16.1 Å². The first-order chi connectivity index (χ1) is 10.1. The standard InChI is InChI=1S/C16H30N4S/c1-4-5-6-7-8-9-10-18-16(17)19-11-14-12-21-15(20-14)13(2)3/h12-13H,4-11H2,1-3H3,(H3,17,18,19). The van der Waals surface area contributed by atoms with E-state index in [9.17, 15) is 0 Å². The van der Waals surface area contributed by atoms with Gasteiger partial charge in [0.25, 0.3) is 0 Å². The molecule has 3 N–H and O–H groups in total. The van der Waals surface area contributed by atoms with Crippen molar-refractivity contribution in [1.29, 1.82) is 0 Å². The SMILES string of the molecule is CCCCCCCCNC(N)=NCc1csc(C(C)C)n1. The Bertz CT molecular complexity index is 412. The van der Waals surface area contributed by atoms with Crippen LogP contribution in [0.4, 0.5) is 0 Å². The second-order valence-electron chi connectivity index (χ2n) is 5.73. The average molecular weight is 311 g/mol. The van der Waals surface area contributed by atoms with Gasteiger partial charge in [0.1, 0.15) is 0 Å². The number of nitrogens with two attached hydrogens (primary N) is 1. The molecule has 1 aromatic heterocycles. The van der Waals surface area contributed by atoms with E-state index in [4.69, 9.17) is 5.73 Å². The summed E-state index contributed by atoms with van der Waals surface area (Å²) in [4.78, 5) is 8.89. The number of thiazole rings is 1. The highest BCUT2D eigenvalue weighted by molar-refractivity contribution is 7.09. The van der Waals surface area contributed by atoms with E-state index < -0.39 is 0 Å². The molecule has 0 spiro atoms. The van der Waals surface area contributed by atoms with Crippen LogP contribution in [0, 0.1) is 0 Å². The van der Waals surface area contributed by atoms with Crippen LogP contribution >= 0.6 is 11.3 Å². The van der Waals surface area contributed by atoms with Gasteiger partial charge in [-0.05, 0) is 6.42 Å². The Morgan fingerprint density at radius 2 is 2.00 bits per heavy atom. The van der Waals surface area contributed by atoms with E-state index in [0.29, 0.717) is 18.4 Å². The average Bonchev–Trinajstić information content (AvgIpc) is 2.93. The van der Waals surface area contributed by atoms with Gasteiger partial charge in [-0.2, -0.15) is 0 Å². The first-order valence-electron chi connectivity index (χ1n) is 8.11. The van der Waals surface area contributed by atoms with Crippen LogP contribution in [0.15, 0.2) is 10.4 Å². The number of rotatable bonds is 10. The van der Waals surface area contributed by atoms with Crippen molar-refractivity contribution < 1.29 is 0 Å². The van der Waals surface area contributed by atoms with E-state index in [1.165, 1.54) is 37.1 Å². The summed E-state index contributed by atoms with van der Waals surface area (Å²) in [6, 6.07) is 0. The fourth-order valence-corrected chi connectivity index (χ4v) is 2.83. The molecule has 0 saturated heterocycles. The number of hydrogen-bond donors (Lipinski definition) is 2. The molecule has 120 valence electrons. The normalized spacial score (nSPS) is 12.1. The topological polar surface area (TPSA) is 63.3 Å². The molecule has 0 saturated carbocycles. The van der Waals surface area contributed by atoms with Crippen LogP contribution in [0.25, 0.3) is 0 Å². The van der Waals surface area contributed by atoms with Gasteiger partial charge >= 0.3 is 0 Å². The molecule has 0 aliphatic carbocycles. The third-order valence-electron chi connectivity index (χ3n) is 3.31. The van der Waals surface area contributed by atoms with Crippen LogP contribution < -0.4 is 11.1 Å². The lowest BCUT2D eigenvalue weighted by Gasteiger charge is -2.05. The molecule has 0 aliphatic heterocycles. The first kappa shape index (κ1) is 18.0. The smallest absolute Gasteiger partial charge is 0.188 e. The highest BCUT2D eigenvalue weighted by Crippen LogP contribution is 2.19. The summed E-state index contributed by atoms with van der Waals surface area (Å²) in [6.45, 7) is 8.03. The van der Waals surface area contributed by atoms with Crippen molar-refractivity contribution in [1.82, 2.24) is 10.3 Å². The molecule has 0 radical (unpaired) electrons. The van der Waals surface area contributed by atoms with Crippen molar-refractivity contribution in [2.45, 2.75) is 71.8 Å². The van der Waals surface area contributed by atoms with E-state index in [1.54, 1.807) is 11.3 Å². The molecular formula is C16H30N4S. The maximum atomic E-state index is 5.87. The van der Waals surface area contributed by atoms with Gasteiger partial charge in [0.05, 0.1) is 17.2 Å². The van der Waals surface area contributed by atoms with Gasteiger partial charge < -0.3 is 11.1 Å². The summed E-state index contributed by atoms with van der Waals surface area (Å²) in [6.07, 6.45) is 7.75. The minimum absolute atomic E-state index is 0.482. The summed E-state index contributed by atoms with van der Waals surface area (Å²) in [5, 5.41) is 6.41. The number of aliphatic imine (C=N–C) groups is 1. The van der Waals surface area contributed by atoms with Gasteiger partial charge in [-0.3, -0.25) is 0 Å². The number of unbranched alkanes of at least 4 members (excludes halogenated alkanes) is 5. The van der Waals surface area contributed by atoms with Gasteiger partial charge in [0.15, 0.2) is 5.96 Å². The monoisotopic (exact) mass is 310 g/mol. The largest absolute Gasteiger partial charge is 0.370 e. The number of nitrogens with one attached hydrogen (secondary N) is 1. The summed E-state index contributed by atoms with van der Waals surface area (Å²) < 4.78 is 0. The Hall–Kier alpha value is -1.10. The maximum Gasteiger partial charge on any atom is 0.188 e. The Morgan fingerprint density at radius 1 is 1.29 bits per heavy atom. The lowest BCUT2D eigenvalue weighted by Crippen LogP contribution is -2.32.